The third-order valence-electron chi connectivity index (χ3n) is 5.91. The normalized spacial score (nSPS) is 19.5. The van der Waals surface area contributed by atoms with Crippen molar-refractivity contribution in [2.75, 3.05) is 44.7 Å². The van der Waals surface area contributed by atoms with Crippen LogP contribution >= 0.6 is 0 Å². The number of benzene rings is 2. The van der Waals surface area contributed by atoms with E-state index in [2.05, 4.69) is 65.1 Å². The quantitative estimate of drug-likeness (QED) is 0.726. The van der Waals surface area contributed by atoms with Gasteiger partial charge in [-0.3, -0.25) is 0 Å². The summed E-state index contributed by atoms with van der Waals surface area (Å²) in [6.07, 6.45) is 2.36. The maximum absolute atomic E-state index is 5.25. The van der Waals surface area contributed by atoms with Gasteiger partial charge >= 0.3 is 0 Å². The van der Waals surface area contributed by atoms with Crippen LogP contribution in [0, 0.1) is 6.92 Å². The molecule has 3 heterocycles. The predicted molar refractivity (Wildman–Crippen MR) is 108 cm³/mol. The fourth-order valence-corrected chi connectivity index (χ4v) is 4.46. The molecule has 3 aliphatic heterocycles. The van der Waals surface area contributed by atoms with Crippen molar-refractivity contribution in [3.8, 4) is 0 Å². The fraction of sp³-hybridized carbons (Fsp3) is 0.409. The molecule has 2 aromatic rings. The Morgan fingerprint density at radius 2 is 1.81 bits per heavy atom. The predicted octanol–water partition coefficient (Wildman–Crippen LogP) is 3.72. The molecule has 26 heavy (non-hydrogen) atoms. The number of amidine groups is 1. The summed E-state index contributed by atoms with van der Waals surface area (Å²) in [6, 6.07) is 13.5. The Bertz CT molecular complexity index is 878. The van der Waals surface area contributed by atoms with E-state index in [1.807, 2.05) is 0 Å². The SMILES string of the molecule is Cc1ccc2c(c1)C(N1CCN(C)CC1)=Nc1cccc3c1N2CCC3. The van der Waals surface area contributed by atoms with Gasteiger partial charge in [0, 0.05) is 38.3 Å². The topological polar surface area (TPSA) is 22.1 Å². The molecular formula is C22H26N4. The molecule has 0 atom stereocenters. The molecule has 1 fully saturated rings. The van der Waals surface area contributed by atoms with Gasteiger partial charge in [-0.15, -0.1) is 0 Å². The number of likely N-dealkylation sites (N-methyl/N-ethyl adjacent to an activating group) is 1. The molecule has 0 radical (unpaired) electrons. The molecule has 134 valence electrons. The summed E-state index contributed by atoms with van der Waals surface area (Å²) in [4.78, 5) is 12.6. The lowest BCUT2D eigenvalue weighted by atomic mass is 9.99. The Morgan fingerprint density at radius 3 is 2.65 bits per heavy atom. The smallest absolute Gasteiger partial charge is 0.138 e. The Morgan fingerprint density at radius 1 is 0.962 bits per heavy atom. The summed E-state index contributed by atoms with van der Waals surface area (Å²) in [6.45, 7) is 7.52. The highest BCUT2D eigenvalue weighted by Crippen LogP contribution is 2.44. The first kappa shape index (κ1) is 15.9. The zero-order valence-corrected chi connectivity index (χ0v) is 15.7. The summed E-state index contributed by atoms with van der Waals surface area (Å²) >= 11 is 0. The molecule has 0 aliphatic carbocycles. The standard InChI is InChI=1S/C22H26N4/c1-16-8-9-20-18(15-16)22(25-13-11-24(2)12-14-25)23-19-7-3-5-17-6-4-10-26(20)21(17)19/h3,5,7-9,15H,4,6,10-14H2,1-2H3. The number of hydrogen-bond donors (Lipinski definition) is 0. The van der Waals surface area contributed by atoms with Crippen molar-refractivity contribution in [2.24, 2.45) is 4.99 Å². The van der Waals surface area contributed by atoms with Crippen LogP contribution in [-0.4, -0.2) is 55.4 Å². The van der Waals surface area contributed by atoms with Gasteiger partial charge < -0.3 is 14.7 Å². The number of fused-ring (bicyclic) bond motifs is 2. The molecule has 4 nitrogen and oxygen atoms in total. The number of hydrogen-bond acceptors (Lipinski definition) is 4. The van der Waals surface area contributed by atoms with Crippen molar-refractivity contribution in [3.05, 3.63) is 53.1 Å². The first-order valence-electron chi connectivity index (χ1n) is 9.73. The second-order valence-electron chi connectivity index (χ2n) is 7.79. The Labute approximate surface area is 155 Å². The third kappa shape index (κ3) is 2.52. The Hall–Kier alpha value is -2.33. The number of aliphatic imine (C=N–C) groups is 1. The van der Waals surface area contributed by atoms with E-state index in [0.717, 1.165) is 50.7 Å². The molecule has 0 aromatic heterocycles. The van der Waals surface area contributed by atoms with Crippen LogP contribution in [0.5, 0.6) is 0 Å². The highest BCUT2D eigenvalue weighted by Gasteiger charge is 2.30. The number of piperazine rings is 1. The molecule has 2 aromatic carbocycles. The van der Waals surface area contributed by atoms with Gasteiger partial charge in [0.25, 0.3) is 0 Å². The van der Waals surface area contributed by atoms with Gasteiger partial charge in [0.1, 0.15) is 5.84 Å². The highest BCUT2D eigenvalue weighted by molar-refractivity contribution is 6.08. The summed E-state index contributed by atoms with van der Waals surface area (Å²) in [5.41, 5.74) is 7.80. The van der Waals surface area contributed by atoms with Crippen molar-refractivity contribution >= 4 is 22.9 Å². The maximum Gasteiger partial charge on any atom is 0.138 e. The number of aryl methyl sites for hydroxylation is 2. The second-order valence-corrected chi connectivity index (χ2v) is 7.79. The molecule has 4 heteroatoms. The average Bonchev–Trinajstić information content (AvgIpc) is 2.79. The van der Waals surface area contributed by atoms with Gasteiger partial charge in [-0.25, -0.2) is 4.99 Å². The van der Waals surface area contributed by atoms with E-state index in [-0.39, 0.29) is 0 Å². The summed E-state index contributed by atoms with van der Waals surface area (Å²) in [7, 11) is 2.20. The third-order valence-corrected chi connectivity index (χ3v) is 5.91. The van der Waals surface area contributed by atoms with Crippen LogP contribution in [0.1, 0.15) is 23.1 Å². The maximum atomic E-state index is 5.25. The van der Waals surface area contributed by atoms with Crippen molar-refractivity contribution in [1.82, 2.24) is 9.80 Å². The van der Waals surface area contributed by atoms with Crippen LogP contribution in [-0.2, 0) is 6.42 Å². The lowest BCUT2D eigenvalue weighted by Gasteiger charge is -2.35. The second kappa shape index (κ2) is 6.13. The molecule has 5 rings (SSSR count). The van der Waals surface area contributed by atoms with Crippen LogP contribution < -0.4 is 4.90 Å². The minimum atomic E-state index is 1.04. The van der Waals surface area contributed by atoms with E-state index >= 15 is 0 Å². The average molecular weight is 346 g/mol. The molecular weight excluding hydrogens is 320 g/mol. The first-order valence-corrected chi connectivity index (χ1v) is 9.73. The molecule has 0 N–H and O–H groups in total. The van der Waals surface area contributed by atoms with Crippen LogP contribution in [0.3, 0.4) is 0 Å². The van der Waals surface area contributed by atoms with E-state index in [4.69, 9.17) is 4.99 Å². The number of rotatable bonds is 0. The first-order chi connectivity index (χ1) is 12.7. The summed E-state index contributed by atoms with van der Waals surface area (Å²) in [5, 5.41) is 0. The van der Waals surface area contributed by atoms with E-state index < -0.39 is 0 Å². The monoisotopic (exact) mass is 346 g/mol. The number of para-hydroxylation sites is 1. The minimum Gasteiger partial charge on any atom is -0.353 e. The van der Waals surface area contributed by atoms with Gasteiger partial charge in [0.15, 0.2) is 0 Å². The van der Waals surface area contributed by atoms with E-state index in [1.165, 1.54) is 34.5 Å². The van der Waals surface area contributed by atoms with Crippen molar-refractivity contribution in [3.63, 3.8) is 0 Å². The summed E-state index contributed by atoms with van der Waals surface area (Å²) < 4.78 is 0. The van der Waals surface area contributed by atoms with Gasteiger partial charge in [0.2, 0.25) is 0 Å². The zero-order chi connectivity index (χ0) is 17.7. The van der Waals surface area contributed by atoms with Crippen molar-refractivity contribution in [1.29, 1.82) is 0 Å². The largest absolute Gasteiger partial charge is 0.353 e. The van der Waals surface area contributed by atoms with Crippen LogP contribution in [0.2, 0.25) is 0 Å². The summed E-state index contributed by atoms with van der Waals surface area (Å²) in [5.74, 6) is 1.15. The molecule has 0 spiro atoms. The van der Waals surface area contributed by atoms with Crippen molar-refractivity contribution in [2.45, 2.75) is 19.8 Å². The van der Waals surface area contributed by atoms with Crippen LogP contribution in [0.25, 0.3) is 0 Å². The van der Waals surface area contributed by atoms with Gasteiger partial charge in [-0.05, 0) is 50.6 Å². The number of anilines is 2. The molecule has 0 saturated carbocycles. The molecule has 0 unspecified atom stereocenters. The lowest BCUT2D eigenvalue weighted by molar-refractivity contribution is 0.216. The van der Waals surface area contributed by atoms with Crippen LogP contribution in [0.4, 0.5) is 17.1 Å². The molecule has 1 saturated heterocycles. The van der Waals surface area contributed by atoms with E-state index in [9.17, 15) is 0 Å². The molecule has 0 amide bonds. The van der Waals surface area contributed by atoms with E-state index in [0.29, 0.717) is 0 Å². The molecule has 3 aliphatic rings. The Kier molecular flexibility index (Phi) is 3.75. The number of nitrogens with zero attached hydrogens (tertiary/aromatic N) is 4. The van der Waals surface area contributed by atoms with Gasteiger partial charge in [0.05, 0.1) is 17.1 Å². The van der Waals surface area contributed by atoms with Gasteiger partial charge in [-0.2, -0.15) is 0 Å². The zero-order valence-electron chi connectivity index (χ0n) is 15.7. The highest BCUT2D eigenvalue weighted by atomic mass is 15.3. The van der Waals surface area contributed by atoms with E-state index in [1.54, 1.807) is 0 Å². The Balaban J connectivity index is 1.72. The molecule has 0 bridgehead atoms. The van der Waals surface area contributed by atoms with Crippen LogP contribution in [0.15, 0.2) is 41.4 Å². The fourth-order valence-electron chi connectivity index (χ4n) is 4.46. The van der Waals surface area contributed by atoms with Crippen molar-refractivity contribution < 1.29 is 0 Å². The van der Waals surface area contributed by atoms with Gasteiger partial charge in [-0.1, -0.05) is 23.8 Å². The lowest BCUT2D eigenvalue weighted by Crippen LogP contribution is -2.47. The minimum absolute atomic E-state index is 1.04.